The first kappa shape index (κ1) is 16.3. The van der Waals surface area contributed by atoms with Crippen LogP contribution in [0.1, 0.15) is 5.56 Å². The van der Waals surface area contributed by atoms with Gasteiger partial charge in [-0.2, -0.15) is 4.39 Å². The molecule has 0 saturated carbocycles. The number of benzene rings is 2. The molecular formula is C13H6ClFN3O5-. The molecule has 0 radical (unpaired) electrons. The molecule has 23 heavy (non-hydrogen) atoms. The molecule has 8 nitrogen and oxygen atoms in total. The van der Waals surface area contributed by atoms with E-state index in [2.05, 4.69) is 4.99 Å². The number of aliphatic imine (C=N–C) groups is 1. The molecule has 0 aliphatic rings. The van der Waals surface area contributed by atoms with Gasteiger partial charge < -0.3 is 5.11 Å². The normalized spacial score (nSPS) is 10.9. The van der Waals surface area contributed by atoms with Crippen molar-refractivity contribution in [3.05, 3.63) is 67.0 Å². The number of nitro groups is 2. The van der Waals surface area contributed by atoms with Crippen molar-refractivity contribution < 1.29 is 19.3 Å². The summed E-state index contributed by atoms with van der Waals surface area (Å²) < 4.78 is 13.2. The molecule has 2 rings (SSSR count). The zero-order valence-electron chi connectivity index (χ0n) is 11.1. The average Bonchev–Trinajstić information content (AvgIpc) is 2.48. The molecule has 118 valence electrons. The molecule has 0 spiro atoms. The standard InChI is InChI=1S/C13H7ClFN3O5/c14-8-3-7(13(19)12(4-8)18(22)23)6-16-9-1-2-10(15)11(5-9)17(20)21/h1-6,19H/p-1. The highest BCUT2D eigenvalue weighted by Crippen LogP contribution is 2.30. The highest BCUT2D eigenvalue weighted by molar-refractivity contribution is 6.31. The van der Waals surface area contributed by atoms with Gasteiger partial charge in [-0.1, -0.05) is 11.6 Å². The maximum absolute atomic E-state index is 13.2. The molecule has 0 heterocycles. The summed E-state index contributed by atoms with van der Waals surface area (Å²) in [6.45, 7) is 0. The van der Waals surface area contributed by atoms with Gasteiger partial charge >= 0.3 is 5.69 Å². The molecule has 0 unspecified atom stereocenters. The summed E-state index contributed by atoms with van der Waals surface area (Å²) in [5.41, 5.74) is -1.67. The predicted octanol–water partition coefficient (Wildman–Crippen LogP) is 3.12. The van der Waals surface area contributed by atoms with Crippen molar-refractivity contribution in [3.8, 4) is 5.75 Å². The molecule has 0 bridgehead atoms. The molecule has 0 saturated heterocycles. The average molecular weight is 339 g/mol. The molecule has 0 fully saturated rings. The minimum Gasteiger partial charge on any atom is -0.867 e. The number of hydrogen-bond acceptors (Lipinski definition) is 6. The predicted molar refractivity (Wildman–Crippen MR) is 77.9 cm³/mol. The van der Waals surface area contributed by atoms with Crippen LogP contribution in [-0.4, -0.2) is 16.1 Å². The Bertz CT molecular complexity index is 841. The maximum atomic E-state index is 13.2. The van der Waals surface area contributed by atoms with Crippen LogP contribution in [0, 0.1) is 26.0 Å². The van der Waals surface area contributed by atoms with E-state index in [0.29, 0.717) is 0 Å². The van der Waals surface area contributed by atoms with Crippen LogP contribution in [0.4, 0.5) is 21.5 Å². The summed E-state index contributed by atoms with van der Waals surface area (Å²) in [6, 6.07) is 4.95. The van der Waals surface area contributed by atoms with E-state index in [1.54, 1.807) is 0 Å². The Morgan fingerprint density at radius 2 is 1.74 bits per heavy atom. The van der Waals surface area contributed by atoms with Gasteiger partial charge in [-0.3, -0.25) is 25.2 Å². The van der Waals surface area contributed by atoms with Crippen molar-refractivity contribution in [2.24, 2.45) is 4.99 Å². The summed E-state index contributed by atoms with van der Waals surface area (Å²) in [4.78, 5) is 23.4. The molecule has 2 aromatic carbocycles. The Kier molecular flexibility index (Phi) is 4.51. The fourth-order valence-corrected chi connectivity index (χ4v) is 1.92. The maximum Gasteiger partial charge on any atom is 0.306 e. The molecule has 0 aliphatic heterocycles. The van der Waals surface area contributed by atoms with E-state index in [0.717, 1.165) is 30.5 Å². The van der Waals surface area contributed by atoms with E-state index in [4.69, 9.17) is 11.6 Å². The van der Waals surface area contributed by atoms with Crippen molar-refractivity contribution >= 4 is 34.9 Å². The number of halogens is 2. The lowest BCUT2D eigenvalue weighted by molar-refractivity contribution is -0.398. The monoisotopic (exact) mass is 338 g/mol. The number of hydrogen-bond donors (Lipinski definition) is 0. The number of nitrogens with zero attached hydrogens (tertiary/aromatic N) is 3. The summed E-state index contributed by atoms with van der Waals surface area (Å²) in [6.07, 6.45) is 0.970. The summed E-state index contributed by atoms with van der Waals surface area (Å²) in [7, 11) is 0. The smallest absolute Gasteiger partial charge is 0.306 e. The summed E-state index contributed by atoms with van der Waals surface area (Å²) in [5, 5.41) is 33.2. The lowest BCUT2D eigenvalue weighted by Gasteiger charge is -2.10. The Hall–Kier alpha value is -3.07. The SMILES string of the molecule is O=[N+]([O-])c1cc(N=Cc2cc(Cl)cc([N+](=O)[O-])c2[O-])ccc1F. The summed E-state index contributed by atoms with van der Waals surface area (Å²) in [5.74, 6) is -1.93. The lowest BCUT2D eigenvalue weighted by atomic mass is 10.2. The molecule has 0 N–H and O–H groups in total. The lowest BCUT2D eigenvalue weighted by Crippen LogP contribution is -2.02. The summed E-state index contributed by atoms with van der Waals surface area (Å²) >= 11 is 5.69. The van der Waals surface area contributed by atoms with E-state index in [1.165, 1.54) is 6.07 Å². The van der Waals surface area contributed by atoms with Gasteiger partial charge in [-0.15, -0.1) is 0 Å². The van der Waals surface area contributed by atoms with E-state index in [-0.39, 0.29) is 16.3 Å². The minimum atomic E-state index is -1.03. The quantitative estimate of drug-likeness (QED) is 0.481. The third kappa shape index (κ3) is 3.58. The van der Waals surface area contributed by atoms with Gasteiger partial charge in [-0.05, 0) is 29.5 Å². The second-order valence-electron chi connectivity index (χ2n) is 4.25. The van der Waals surface area contributed by atoms with Crippen molar-refractivity contribution in [1.82, 2.24) is 0 Å². The van der Waals surface area contributed by atoms with Crippen LogP contribution >= 0.6 is 11.6 Å². The van der Waals surface area contributed by atoms with Crippen LogP contribution in [0.3, 0.4) is 0 Å². The Labute approximate surface area is 132 Å². The first-order valence-electron chi connectivity index (χ1n) is 5.92. The molecule has 2 aromatic rings. The molecule has 10 heteroatoms. The van der Waals surface area contributed by atoms with E-state index >= 15 is 0 Å². The topological polar surface area (TPSA) is 122 Å². The fourth-order valence-electron chi connectivity index (χ4n) is 1.70. The first-order valence-corrected chi connectivity index (χ1v) is 6.30. The highest BCUT2D eigenvalue weighted by Gasteiger charge is 2.14. The largest absolute Gasteiger partial charge is 0.867 e. The van der Waals surface area contributed by atoms with Gasteiger partial charge in [0.15, 0.2) is 0 Å². The molecule has 0 amide bonds. The van der Waals surface area contributed by atoms with Gasteiger partial charge in [0.2, 0.25) is 5.82 Å². The van der Waals surface area contributed by atoms with Crippen LogP contribution in [0.2, 0.25) is 5.02 Å². The number of rotatable bonds is 4. The molecule has 0 aliphatic carbocycles. The third-order valence-electron chi connectivity index (χ3n) is 2.74. The van der Waals surface area contributed by atoms with Crippen LogP contribution in [0.5, 0.6) is 5.75 Å². The van der Waals surface area contributed by atoms with Crippen LogP contribution in [0.25, 0.3) is 0 Å². The van der Waals surface area contributed by atoms with Crippen molar-refractivity contribution in [2.75, 3.05) is 0 Å². The van der Waals surface area contributed by atoms with Gasteiger partial charge in [-0.25, -0.2) is 0 Å². The van der Waals surface area contributed by atoms with Crippen molar-refractivity contribution in [1.29, 1.82) is 0 Å². The first-order chi connectivity index (χ1) is 10.8. The van der Waals surface area contributed by atoms with Crippen molar-refractivity contribution in [2.45, 2.75) is 0 Å². The molecular weight excluding hydrogens is 333 g/mol. The van der Waals surface area contributed by atoms with Gasteiger partial charge in [0.05, 0.1) is 15.5 Å². The second-order valence-corrected chi connectivity index (χ2v) is 4.69. The highest BCUT2D eigenvalue weighted by atomic mass is 35.5. The van der Waals surface area contributed by atoms with Crippen LogP contribution in [0.15, 0.2) is 35.3 Å². The van der Waals surface area contributed by atoms with Crippen LogP contribution in [-0.2, 0) is 0 Å². The zero-order chi connectivity index (χ0) is 17.1. The Balaban J connectivity index is 2.43. The van der Waals surface area contributed by atoms with Gasteiger partial charge in [0, 0.05) is 23.4 Å². The van der Waals surface area contributed by atoms with E-state index in [9.17, 15) is 29.7 Å². The molecule has 0 atom stereocenters. The van der Waals surface area contributed by atoms with E-state index < -0.39 is 32.8 Å². The second kappa shape index (κ2) is 6.36. The van der Waals surface area contributed by atoms with Gasteiger partial charge in [0.1, 0.15) is 0 Å². The fraction of sp³-hybridized carbons (Fsp3) is 0. The number of nitro benzene ring substituents is 2. The van der Waals surface area contributed by atoms with E-state index in [1.807, 2.05) is 0 Å². The van der Waals surface area contributed by atoms with Crippen LogP contribution < -0.4 is 5.11 Å². The van der Waals surface area contributed by atoms with Crippen molar-refractivity contribution in [3.63, 3.8) is 0 Å². The van der Waals surface area contributed by atoms with Gasteiger partial charge in [0.25, 0.3) is 5.69 Å². The Morgan fingerprint density at radius 1 is 1.09 bits per heavy atom. The minimum absolute atomic E-state index is 0.000119. The zero-order valence-corrected chi connectivity index (χ0v) is 11.9. The Morgan fingerprint density at radius 3 is 2.35 bits per heavy atom. The molecule has 0 aromatic heterocycles. The third-order valence-corrected chi connectivity index (χ3v) is 2.96.